The summed E-state index contributed by atoms with van der Waals surface area (Å²) in [6.45, 7) is 3.62. The largest absolute Gasteiger partial charge is 0.464 e. The first kappa shape index (κ1) is 17.0. The molecule has 130 valence electrons. The van der Waals surface area contributed by atoms with Gasteiger partial charge in [-0.3, -0.25) is 9.59 Å². The zero-order valence-corrected chi connectivity index (χ0v) is 14.4. The zero-order chi connectivity index (χ0) is 17.8. The summed E-state index contributed by atoms with van der Waals surface area (Å²) >= 11 is 0. The van der Waals surface area contributed by atoms with Gasteiger partial charge < -0.3 is 14.5 Å². The van der Waals surface area contributed by atoms with Crippen LogP contribution in [0.4, 0.5) is 0 Å². The molecule has 0 saturated heterocycles. The lowest BCUT2D eigenvalue weighted by Crippen LogP contribution is -2.35. The predicted molar refractivity (Wildman–Crippen MR) is 96.3 cm³/mol. The number of ether oxygens (including phenoxy) is 1. The Morgan fingerprint density at radius 1 is 1.20 bits per heavy atom. The van der Waals surface area contributed by atoms with E-state index in [0.717, 1.165) is 33.7 Å². The molecular formula is C20H21NO4. The molecule has 0 radical (unpaired) electrons. The summed E-state index contributed by atoms with van der Waals surface area (Å²) in [6.07, 6.45) is 2.48. The second-order valence-corrected chi connectivity index (χ2v) is 6.14. The molecule has 3 aromatic rings. The van der Waals surface area contributed by atoms with Gasteiger partial charge in [0.2, 0.25) is 0 Å². The molecule has 0 fully saturated rings. The summed E-state index contributed by atoms with van der Waals surface area (Å²) in [7, 11) is 0. The van der Waals surface area contributed by atoms with Crippen molar-refractivity contribution in [3.63, 3.8) is 0 Å². The summed E-state index contributed by atoms with van der Waals surface area (Å²) in [6, 6.07) is 11.9. The van der Waals surface area contributed by atoms with Crippen molar-refractivity contribution in [1.29, 1.82) is 0 Å². The Hall–Kier alpha value is -2.82. The molecule has 5 heteroatoms. The topological polar surface area (TPSA) is 68.5 Å². The summed E-state index contributed by atoms with van der Waals surface area (Å²) in [5.74, 6) is -0.736. The third kappa shape index (κ3) is 3.82. The maximum absolute atomic E-state index is 12.1. The first-order chi connectivity index (χ1) is 12.1. The number of nitrogens with one attached hydrogen (secondary N) is 1. The van der Waals surface area contributed by atoms with Crippen LogP contribution in [0, 0.1) is 0 Å². The van der Waals surface area contributed by atoms with Gasteiger partial charge >= 0.3 is 5.97 Å². The number of benzene rings is 2. The molecule has 1 atom stereocenters. The first-order valence-corrected chi connectivity index (χ1v) is 8.41. The zero-order valence-electron chi connectivity index (χ0n) is 14.4. The molecule has 0 unspecified atom stereocenters. The Kier molecular flexibility index (Phi) is 5.03. The molecule has 5 nitrogen and oxygen atoms in total. The monoisotopic (exact) mass is 339 g/mol. The van der Waals surface area contributed by atoms with Gasteiger partial charge in [0.05, 0.1) is 12.7 Å². The minimum atomic E-state index is -0.449. The van der Waals surface area contributed by atoms with Gasteiger partial charge in [-0.05, 0) is 30.2 Å². The number of carbonyl (C=O) groups excluding carboxylic acids is 2. The number of rotatable bonds is 6. The van der Waals surface area contributed by atoms with Crippen molar-refractivity contribution in [1.82, 2.24) is 5.32 Å². The maximum atomic E-state index is 12.1. The molecule has 1 N–H and O–H groups in total. The Balaban J connectivity index is 1.72. The lowest BCUT2D eigenvalue weighted by molar-refractivity contribution is -0.148. The van der Waals surface area contributed by atoms with Crippen LogP contribution in [0.15, 0.2) is 47.1 Å². The van der Waals surface area contributed by atoms with Crippen molar-refractivity contribution < 1.29 is 18.7 Å². The van der Waals surface area contributed by atoms with Crippen molar-refractivity contribution in [3.8, 4) is 0 Å². The van der Waals surface area contributed by atoms with Crippen LogP contribution < -0.4 is 5.32 Å². The number of esters is 1. The molecule has 1 amide bonds. The van der Waals surface area contributed by atoms with Gasteiger partial charge in [0.25, 0.3) is 5.91 Å². The number of carbonyl (C=O) groups is 2. The van der Waals surface area contributed by atoms with Gasteiger partial charge in [-0.15, -0.1) is 0 Å². The lowest BCUT2D eigenvalue weighted by atomic mass is 10.0. The van der Waals surface area contributed by atoms with E-state index in [-0.39, 0.29) is 25.0 Å². The van der Waals surface area contributed by atoms with Crippen LogP contribution >= 0.6 is 0 Å². The molecule has 3 rings (SSSR count). The average Bonchev–Trinajstić information content (AvgIpc) is 3.03. The fraction of sp³-hybridized carbons (Fsp3) is 0.300. The summed E-state index contributed by atoms with van der Waals surface area (Å²) in [5.41, 5.74) is 1.50. The van der Waals surface area contributed by atoms with Gasteiger partial charge in [0, 0.05) is 17.0 Å². The van der Waals surface area contributed by atoms with Gasteiger partial charge in [-0.2, -0.15) is 0 Å². The highest BCUT2D eigenvalue weighted by Gasteiger charge is 2.15. The van der Waals surface area contributed by atoms with Crippen LogP contribution in [-0.4, -0.2) is 24.5 Å². The van der Waals surface area contributed by atoms with E-state index in [1.54, 1.807) is 6.26 Å². The average molecular weight is 339 g/mol. The van der Waals surface area contributed by atoms with E-state index in [9.17, 15) is 9.59 Å². The number of amides is 1. The van der Waals surface area contributed by atoms with Crippen LogP contribution in [0.2, 0.25) is 0 Å². The Morgan fingerprint density at radius 2 is 2.00 bits per heavy atom. The molecule has 0 bridgehead atoms. The molecule has 1 aromatic heterocycles. The SMILES string of the molecule is CC[C@H](C)NC(=O)COC(=O)Cc1coc2ccc3ccccc3c12. The molecule has 0 aliphatic rings. The minimum absolute atomic E-state index is 0.0652. The van der Waals surface area contributed by atoms with E-state index in [1.165, 1.54) is 0 Å². The molecule has 2 aromatic carbocycles. The van der Waals surface area contributed by atoms with Crippen molar-refractivity contribution in [3.05, 3.63) is 48.2 Å². The Morgan fingerprint density at radius 3 is 2.80 bits per heavy atom. The van der Waals surface area contributed by atoms with E-state index in [1.807, 2.05) is 50.2 Å². The third-order valence-corrected chi connectivity index (χ3v) is 4.26. The van der Waals surface area contributed by atoms with E-state index < -0.39 is 5.97 Å². The molecule has 0 spiro atoms. The van der Waals surface area contributed by atoms with Crippen LogP contribution in [-0.2, 0) is 20.7 Å². The standard InChI is InChI=1S/C20H21NO4/c1-3-13(2)21-18(22)12-25-19(23)10-15-11-24-17-9-8-14-6-4-5-7-16(14)20(15)17/h4-9,11,13H,3,10,12H2,1-2H3,(H,21,22)/t13-/m0/s1. The van der Waals surface area contributed by atoms with Crippen molar-refractivity contribution in [2.24, 2.45) is 0 Å². The van der Waals surface area contributed by atoms with Gasteiger partial charge in [-0.1, -0.05) is 37.3 Å². The van der Waals surface area contributed by atoms with Crippen LogP contribution in [0.3, 0.4) is 0 Å². The first-order valence-electron chi connectivity index (χ1n) is 8.41. The second kappa shape index (κ2) is 7.38. The van der Waals surface area contributed by atoms with Gasteiger partial charge in [-0.25, -0.2) is 0 Å². The van der Waals surface area contributed by atoms with Crippen LogP contribution in [0.5, 0.6) is 0 Å². The van der Waals surface area contributed by atoms with E-state index in [2.05, 4.69) is 5.32 Å². The molecule has 0 saturated carbocycles. The second-order valence-electron chi connectivity index (χ2n) is 6.14. The number of hydrogen-bond donors (Lipinski definition) is 1. The quantitative estimate of drug-likeness (QED) is 0.697. The molecule has 0 aliphatic heterocycles. The maximum Gasteiger partial charge on any atom is 0.310 e. The fourth-order valence-electron chi connectivity index (χ4n) is 2.78. The summed E-state index contributed by atoms with van der Waals surface area (Å²) in [4.78, 5) is 23.8. The number of furan rings is 1. The molecule has 0 aliphatic carbocycles. The Bertz CT molecular complexity index is 912. The smallest absolute Gasteiger partial charge is 0.310 e. The Labute approximate surface area is 145 Å². The highest BCUT2D eigenvalue weighted by Crippen LogP contribution is 2.30. The molecule has 25 heavy (non-hydrogen) atoms. The van der Waals surface area contributed by atoms with Crippen molar-refractivity contribution in [2.45, 2.75) is 32.7 Å². The number of hydrogen-bond acceptors (Lipinski definition) is 4. The highest BCUT2D eigenvalue weighted by atomic mass is 16.5. The normalized spacial score (nSPS) is 12.2. The molecular weight excluding hydrogens is 318 g/mol. The van der Waals surface area contributed by atoms with Crippen LogP contribution in [0.25, 0.3) is 21.7 Å². The lowest BCUT2D eigenvalue weighted by Gasteiger charge is -2.11. The van der Waals surface area contributed by atoms with E-state index in [0.29, 0.717) is 0 Å². The fourth-order valence-corrected chi connectivity index (χ4v) is 2.78. The summed E-state index contributed by atoms with van der Waals surface area (Å²) < 4.78 is 10.7. The minimum Gasteiger partial charge on any atom is -0.464 e. The van der Waals surface area contributed by atoms with Crippen molar-refractivity contribution >= 4 is 33.6 Å². The van der Waals surface area contributed by atoms with Gasteiger partial charge in [0.15, 0.2) is 6.61 Å². The number of fused-ring (bicyclic) bond motifs is 3. The van der Waals surface area contributed by atoms with E-state index in [4.69, 9.17) is 9.15 Å². The highest BCUT2D eigenvalue weighted by molar-refractivity contribution is 6.08. The van der Waals surface area contributed by atoms with E-state index >= 15 is 0 Å². The van der Waals surface area contributed by atoms with Crippen molar-refractivity contribution in [2.75, 3.05) is 6.61 Å². The molecule has 1 heterocycles. The third-order valence-electron chi connectivity index (χ3n) is 4.26. The summed E-state index contributed by atoms with van der Waals surface area (Å²) in [5, 5.41) is 5.79. The predicted octanol–water partition coefficient (Wildman–Crippen LogP) is 3.59. The van der Waals surface area contributed by atoms with Gasteiger partial charge in [0.1, 0.15) is 5.58 Å². The van der Waals surface area contributed by atoms with Crippen LogP contribution in [0.1, 0.15) is 25.8 Å².